The monoisotopic (exact) mass is 419 g/mol. The van der Waals surface area contributed by atoms with Crippen molar-refractivity contribution in [1.82, 2.24) is 9.66 Å². The first-order valence-electron chi connectivity index (χ1n) is 7.77. The summed E-state index contributed by atoms with van der Waals surface area (Å²) < 4.78 is 6.51. The second-order valence-electron chi connectivity index (χ2n) is 5.67. The van der Waals surface area contributed by atoms with Crippen molar-refractivity contribution < 1.29 is 9.21 Å². The Labute approximate surface area is 166 Å². The lowest BCUT2D eigenvalue weighted by atomic mass is 10.2. The lowest BCUT2D eigenvalue weighted by Gasteiger charge is -2.12. The molecule has 0 aliphatic rings. The molecule has 27 heavy (non-hydrogen) atoms. The van der Waals surface area contributed by atoms with Crippen LogP contribution in [0.4, 0.5) is 0 Å². The Morgan fingerprint density at radius 3 is 2.81 bits per heavy atom. The summed E-state index contributed by atoms with van der Waals surface area (Å²) in [5, 5.41) is 2.78. The lowest BCUT2D eigenvalue weighted by Crippen LogP contribution is -2.35. The number of hydrogen-bond acceptors (Lipinski definition) is 5. The third-order valence-corrected chi connectivity index (χ3v) is 5.37. The van der Waals surface area contributed by atoms with Crippen molar-refractivity contribution in [3.63, 3.8) is 0 Å². The van der Waals surface area contributed by atoms with Gasteiger partial charge < -0.3 is 4.42 Å². The molecule has 3 aromatic heterocycles. The van der Waals surface area contributed by atoms with E-state index in [9.17, 15) is 9.59 Å². The second kappa shape index (κ2) is 6.84. The molecule has 4 rings (SSSR count). The molecule has 0 atom stereocenters. The van der Waals surface area contributed by atoms with Gasteiger partial charge in [0, 0.05) is 16.0 Å². The van der Waals surface area contributed by atoms with Crippen LogP contribution in [0.2, 0.25) is 10.0 Å². The van der Waals surface area contributed by atoms with E-state index in [4.69, 9.17) is 27.6 Å². The molecule has 3 heterocycles. The molecule has 6 nitrogen and oxygen atoms in total. The van der Waals surface area contributed by atoms with Gasteiger partial charge in [0.25, 0.3) is 11.5 Å². The maximum Gasteiger partial charge on any atom is 0.281 e. The standard InChI is InChI=1S/C18H11Cl2N3O3S/c1-9-21-17-15(12(8-27-17)14-3-2-6-26-14)18(25)23(9)22-16(24)11-5-4-10(19)7-13(11)20/h2-8H,1H3,(H,22,24). The van der Waals surface area contributed by atoms with Gasteiger partial charge in [0.1, 0.15) is 16.4 Å². The van der Waals surface area contributed by atoms with Gasteiger partial charge in [-0.2, -0.15) is 0 Å². The van der Waals surface area contributed by atoms with Crippen LogP contribution < -0.4 is 11.0 Å². The fourth-order valence-electron chi connectivity index (χ4n) is 2.67. The van der Waals surface area contributed by atoms with Gasteiger partial charge >= 0.3 is 0 Å². The van der Waals surface area contributed by atoms with Crippen LogP contribution in [0.25, 0.3) is 21.5 Å². The highest BCUT2D eigenvalue weighted by molar-refractivity contribution is 7.17. The summed E-state index contributed by atoms with van der Waals surface area (Å²) in [5.74, 6) is 0.360. The molecule has 136 valence electrons. The van der Waals surface area contributed by atoms with Crippen LogP contribution >= 0.6 is 34.5 Å². The summed E-state index contributed by atoms with van der Waals surface area (Å²) in [6, 6.07) is 8.00. The minimum Gasteiger partial charge on any atom is -0.464 e. The number of nitrogens with zero attached hydrogens (tertiary/aromatic N) is 2. The Morgan fingerprint density at radius 2 is 2.11 bits per heavy atom. The number of amides is 1. The predicted molar refractivity (Wildman–Crippen MR) is 106 cm³/mol. The van der Waals surface area contributed by atoms with Crippen molar-refractivity contribution in [2.24, 2.45) is 0 Å². The molecular formula is C18H11Cl2N3O3S. The first kappa shape index (κ1) is 17.8. The van der Waals surface area contributed by atoms with Gasteiger partial charge in [0.2, 0.25) is 0 Å². The number of aromatic nitrogens is 2. The van der Waals surface area contributed by atoms with Gasteiger partial charge in [-0.3, -0.25) is 15.0 Å². The fourth-order valence-corrected chi connectivity index (χ4v) is 4.13. The molecule has 0 aliphatic carbocycles. The highest BCUT2D eigenvalue weighted by Gasteiger charge is 2.19. The lowest BCUT2D eigenvalue weighted by molar-refractivity contribution is 0.101. The Morgan fingerprint density at radius 1 is 1.30 bits per heavy atom. The number of aryl methyl sites for hydroxylation is 1. The molecule has 1 N–H and O–H groups in total. The molecule has 0 aliphatic heterocycles. The van der Waals surface area contributed by atoms with Crippen molar-refractivity contribution in [3.05, 3.63) is 73.8 Å². The zero-order valence-electron chi connectivity index (χ0n) is 13.8. The van der Waals surface area contributed by atoms with Crippen molar-refractivity contribution >= 4 is 50.7 Å². The largest absolute Gasteiger partial charge is 0.464 e. The van der Waals surface area contributed by atoms with Gasteiger partial charge in [0.15, 0.2) is 0 Å². The summed E-state index contributed by atoms with van der Waals surface area (Å²) in [5.41, 5.74) is 2.99. The number of thiophene rings is 1. The van der Waals surface area contributed by atoms with Gasteiger partial charge in [-0.25, -0.2) is 9.66 Å². The van der Waals surface area contributed by atoms with Gasteiger partial charge in [-0.15, -0.1) is 11.3 Å². The summed E-state index contributed by atoms with van der Waals surface area (Å²) in [6.07, 6.45) is 1.53. The molecule has 0 saturated carbocycles. The van der Waals surface area contributed by atoms with Crippen LogP contribution in [0.1, 0.15) is 16.2 Å². The maximum atomic E-state index is 13.1. The van der Waals surface area contributed by atoms with Crippen molar-refractivity contribution in [2.45, 2.75) is 6.92 Å². The minimum absolute atomic E-state index is 0.187. The quantitative estimate of drug-likeness (QED) is 0.521. The number of carbonyl (C=O) groups is 1. The molecule has 1 amide bonds. The summed E-state index contributed by atoms with van der Waals surface area (Å²) >= 11 is 13.3. The summed E-state index contributed by atoms with van der Waals surface area (Å²) in [4.78, 5) is 30.6. The molecular weight excluding hydrogens is 409 g/mol. The minimum atomic E-state index is -0.544. The highest BCUT2D eigenvalue weighted by Crippen LogP contribution is 2.31. The average molecular weight is 420 g/mol. The van der Waals surface area contributed by atoms with Crippen LogP contribution in [0.3, 0.4) is 0 Å². The van der Waals surface area contributed by atoms with Crippen molar-refractivity contribution in [3.8, 4) is 11.3 Å². The number of fused-ring (bicyclic) bond motifs is 1. The zero-order valence-corrected chi connectivity index (χ0v) is 16.2. The third-order valence-electron chi connectivity index (χ3n) is 3.95. The van der Waals surface area contributed by atoms with Crippen molar-refractivity contribution in [1.29, 1.82) is 0 Å². The highest BCUT2D eigenvalue weighted by atomic mass is 35.5. The number of hydrogen-bond donors (Lipinski definition) is 1. The first-order valence-corrected chi connectivity index (χ1v) is 9.40. The van der Waals surface area contributed by atoms with Crippen molar-refractivity contribution in [2.75, 3.05) is 5.43 Å². The zero-order chi connectivity index (χ0) is 19.1. The first-order chi connectivity index (χ1) is 13.0. The predicted octanol–water partition coefficient (Wildman–Crippen LogP) is 4.72. The third kappa shape index (κ3) is 3.14. The fraction of sp³-hybridized carbons (Fsp3) is 0.0556. The van der Waals surface area contributed by atoms with E-state index >= 15 is 0 Å². The number of furan rings is 1. The second-order valence-corrected chi connectivity index (χ2v) is 7.37. The molecule has 9 heteroatoms. The number of carbonyl (C=O) groups excluding carboxylic acids is 1. The number of halogens is 2. The van der Waals surface area contributed by atoms with E-state index in [-0.39, 0.29) is 10.6 Å². The molecule has 0 spiro atoms. The summed E-state index contributed by atoms with van der Waals surface area (Å²) in [7, 11) is 0. The van der Waals surface area contributed by atoms with Crippen LogP contribution in [-0.2, 0) is 0 Å². The van der Waals surface area contributed by atoms with E-state index in [0.717, 1.165) is 4.68 Å². The van der Waals surface area contributed by atoms with E-state index in [0.29, 0.717) is 32.4 Å². The number of benzene rings is 1. The Bertz CT molecular complexity index is 1230. The van der Waals surface area contributed by atoms with Crippen LogP contribution in [0.5, 0.6) is 0 Å². The maximum absolute atomic E-state index is 13.1. The molecule has 1 aromatic carbocycles. The van der Waals surface area contributed by atoms with Gasteiger partial charge in [-0.05, 0) is 37.3 Å². The van der Waals surface area contributed by atoms with Crippen LogP contribution in [-0.4, -0.2) is 15.6 Å². The molecule has 0 unspecified atom stereocenters. The van der Waals surface area contributed by atoms with Crippen LogP contribution in [0, 0.1) is 6.92 Å². The topological polar surface area (TPSA) is 77.1 Å². The SMILES string of the molecule is Cc1nc2scc(-c3ccco3)c2c(=O)n1NC(=O)c1ccc(Cl)cc1Cl. The van der Waals surface area contributed by atoms with E-state index in [1.54, 1.807) is 30.5 Å². The van der Waals surface area contributed by atoms with E-state index in [1.165, 1.54) is 29.7 Å². The van der Waals surface area contributed by atoms with Crippen LogP contribution in [0.15, 0.2) is 51.2 Å². The molecule has 0 radical (unpaired) electrons. The van der Waals surface area contributed by atoms with Gasteiger partial charge in [0.05, 0.1) is 22.2 Å². The van der Waals surface area contributed by atoms with E-state index in [1.807, 2.05) is 0 Å². The van der Waals surface area contributed by atoms with Gasteiger partial charge in [-0.1, -0.05) is 23.2 Å². The smallest absolute Gasteiger partial charge is 0.281 e. The van der Waals surface area contributed by atoms with E-state index in [2.05, 4.69) is 10.4 Å². The molecule has 4 aromatic rings. The number of nitrogens with one attached hydrogen (secondary N) is 1. The normalized spacial score (nSPS) is 11.1. The average Bonchev–Trinajstić information content (AvgIpc) is 3.27. The Hall–Kier alpha value is -2.61. The number of rotatable bonds is 3. The molecule has 0 saturated heterocycles. The van der Waals surface area contributed by atoms with E-state index < -0.39 is 11.5 Å². The Balaban J connectivity index is 1.81. The summed E-state index contributed by atoms with van der Waals surface area (Å²) in [6.45, 7) is 1.64. The molecule has 0 fully saturated rings. The Kier molecular flexibility index (Phi) is 4.51. The molecule has 0 bridgehead atoms.